The lowest BCUT2D eigenvalue weighted by Gasteiger charge is -2.32. The predicted molar refractivity (Wildman–Crippen MR) is 134 cm³/mol. The molecule has 0 aliphatic carbocycles. The van der Waals surface area contributed by atoms with Gasteiger partial charge in [-0.15, -0.1) is 0 Å². The Kier molecular flexibility index (Phi) is 6.47. The molecule has 0 aromatic heterocycles. The maximum atomic E-state index is 13.2. The van der Waals surface area contributed by atoms with Gasteiger partial charge in [-0.05, 0) is 44.4 Å². The highest BCUT2D eigenvalue weighted by molar-refractivity contribution is 6.04. The molecule has 2 N–H and O–H groups in total. The van der Waals surface area contributed by atoms with Crippen molar-refractivity contribution in [1.29, 1.82) is 0 Å². The van der Waals surface area contributed by atoms with E-state index in [0.29, 0.717) is 46.9 Å². The number of esters is 2. The van der Waals surface area contributed by atoms with E-state index in [1.165, 1.54) is 12.1 Å². The fourth-order valence-corrected chi connectivity index (χ4v) is 5.21. The fraction of sp³-hybridized carbons (Fsp3) is 0.296. The van der Waals surface area contributed by atoms with E-state index in [1.807, 2.05) is 41.8 Å². The number of allylic oxidation sites excluding steroid dienone is 1. The van der Waals surface area contributed by atoms with Gasteiger partial charge < -0.3 is 9.47 Å². The van der Waals surface area contributed by atoms with Gasteiger partial charge in [0.05, 0.1) is 17.2 Å². The molecule has 3 heterocycles. The van der Waals surface area contributed by atoms with Gasteiger partial charge in [0.15, 0.2) is 0 Å². The number of rotatable bonds is 7. The highest BCUT2D eigenvalue weighted by Gasteiger charge is 2.51. The molecule has 0 spiro atoms. The molecule has 1 saturated heterocycles. The zero-order valence-electron chi connectivity index (χ0n) is 20.5. The second-order valence-corrected chi connectivity index (χ2v) is 9.03. The molecule has 3 aliphatic heterocycles. The second-order valence-electron chi connectivity index (χ2n) is 9.03. The summed E-state index contributed by atoms with van der Waals surface area (Å²) in [6, 6.07) is 14.9. The summed E-state index contributed by atoms with van der Waals surface area (Å²) in [5.74, 6) is -0.222. The quantitative estimate of drug-likeness (QED) is 0.256. The zero-order valence-corrected chi connectivity index (χ0v) is 20.5. The van der Waals surface area contributed by atoms with Crippen LogP contribution in [0.5, 0.6) is 0 Å². The van der Waals surface area contributed by atoms with Gasteiger partial charge in [0.2, 0.25) is 0 Å². The average molecular weight is 504 g/mol. The number of nitrogens with one attached hydrogen (secondary N) is 2. The summed E-state index contributed by atoms with van der Waals surface area (Å²) >= 11 is 0. The summed E-state index contributed by atoms with van der Waals surface area (Å²) in [5, 5.41) is 17.7. The highest BCUT2D eigenvalue weighted by Crippen LogP contribution is 2.38. The first-order chi connectivity index (χ1) is 17.9. The minimum Gasteiger partial charge on any atom is -0.462 e. The lowest BCUT2D eigenvalue weighted by atomic mass is 9.97. The van der Waals surface area contributed by atoms with Crippen LogP contribution < -0.4 is 10.6 Å². The van der Waals surface area contributed by atoms with Crippen LogP contribution in [-0.4, -0.2) is 46.1 Å². The standard InChI is InChI=1S/C27H26N4O6/c1-3-36-26(33)23-21-14-13-20-22(25(32)37-15-17-7-5-4-6-8-17)16(2)28-27(30(20)21)29-24(23)18-9-11-19(12-10-18)31(34)35/h4-12,20-21H,3,13-15H2,1-2H3,(H,28,29,32,33)/p+1/t20-,21+/m0/s1. The SMILES string of the molecule is CCOC(=O)C1=C(c2ccc([N+](=O)[O-])cc2)NC2=[N+]3[C@@H]1CC[C@H]3C(C(=O)OCc1ccccc1)=C(C)N2. The summed E-state index contributed by atoms with van der Waals surface area (Å²) in [7, 11) is 0. The molecule has 10 nitrogen and oxygen atoms in total. The topological polar surface area (TPSA) is 123 Å². The lowest BCUT2D eigenvalue weighted by molar-refractivity contribution is -0.566. The van der Waals surface area contributed by atoms with E-state index in [-0.39, 0.29) is 31.0 Å². The number of nitro benzene ring substituents is 1. The van der Waals surface area contributed by atoms with Crippen LogP contribution in [0.3, 0.4) is 0 Å². The summed E-state index contributed by atoms with van der Waals surface area (Å²) in [6.07, 6.45) is 1.26. The molecule has 0 bridgehead atoms. The molecule has 37 heavy (non-hydrogen) atoms. The van der Waals surface area contributed by atoms with E-state index in [4.69, 9.17) is 9.47 Å². The molecule has 5 rings (SSSR count). The van der Waals surface area contributed by atoms with Crippen molar-refractivity contribution in [2.45, 2.75) is 45.4 Å². The third-order valence-corrected chi connectivity index (χ3v) is 6.83. The van der Waals surface area contributed by atoms with Crippen molar-refractivity contribution in [2.24, 2.45) is 0 Å². The number of nitro groups is 1. The van der Waals surface area contributed by atoms with Crippen molar-refractivity contribution < 1.29 is 28.6 Å². The number of non-ortho nitro benzene ring substituents is 1. The Morgan fingerprint density at radius 3 is 2.27 bits per heavy atom. The van der Waals surface area contributed by atoms with Crippen molar-refractivity contribution in [1.82, 2.24) is 10.6 Å². The Morgan fingerprint density at radius 2 is 1.62 bits per heavy atom. The van der Waals surface area contributed by atoms with Gasteiger partial charge in [-0.25, -0.2) is 24.8 Å². The molecule has 2 atom stereocenters. The van der Waals surface area contributed by atoms with Crippen LogP contribution in [-0.2, 0) is 25.7 Å². The number of benzene rings is 2. The van der Waals surface area contributed by atoms with Gasteiger partial charge in [-0.1, -0.05) is 30.3 Å². The monoisotopic (exact) mass is 503 g/mol. The molecule has 10 heteroatoms. The van der Waals surface area contributed by atoms with Gasteiger partial charge in [-0.3, -0.25) is 10.1 Å². The predicted octanol–water partition coefficient (Wildman–Crippen LogP) is 2.99. The maximum absolute atomic E-state index is 13.2. The molecule has 3 aliphatic rings. The first-order valence-corrected chi connectivity index (χ1v) is 12.2. The van der Waals surface area contributed by atoms with E-state index in [2.05, 4.69) is 10.6 Å². The van der Waals surface area contributed by atoms with E-state index < -0.39 is 16.9 Å². The Bertz CT molecular complexity index is 1360. The van der Waals surface area contributed by atoms with Crippen LogP contribution >= 0.6 is 0 Å². The van der Waals surface area contributed by atoms with E-state index in [9.17, 15) is 19.7 Å². The van der Waals surface area contributed by atoms with Crippen LogP contribution in [0.15, 0.2) is 71.4 Å². The normalized spacial score (nSPS) is 20.2. The third-order valence-electron chi connectivity index (χ3n) is 6.83. The first kappa shape index (κ1) is 24.2. The number of hydrogen-bond donors (Lipinski definition) is 2. The minimum absolute atomic E-state index is 0.0405. The first-order valence-electron chi connectivity index (χ1n) is 12.2. The largest absolute Gasteiger partial charge is 0.462 e. The average Bonchev–Trinajstić information content (AvgIpc) is 3.33. The third kappa shape index (κ3) is 4.46. The van der Waals surface area contributed by atoms with Crippen LogP contribution in [0.1, 0.15) is 37.8 Å². The number of hydrogen-bond acceptors (Lipinski definition) is 8. The van der Waals surface area contributed by atoms with E-state index in [1.54, 1.807) is 19.1 Å². The van der Waals surface area contributed by atoms with Crippen LogP contribution in [0.4, 0.5) is 5.69 Å². The Morgan fingerprint density at radius 1 is 0.973 bits per heavy atom. The molecule has 0 amide bonds. The van der Waals surface area contributed by atoms with Gasteiger partial charge in [0, 0.05) is 17.7 Å². The van der Waals surface area contributed by atoms with Crippen LogP contribution in [0.2, 0.25) is 0 Å². The summed E-state index contributed by atoms with van der Waals surface area (Å²) in [4.78, 5) is 37.0. The number of guanidine groups is 1. The number of nitrogens with zero attached hydrogens (tertiary/aromatic N) is 2. The molecular weight excluding hydrogens is 476 g/mol. The number of carbonyl (C=O) groups excluding carboxylic acids is 2. The van der Waals surface area contributed by atoms with Crippen molar-refractivity contribution >= 4 is 29.3 Å². The van der Waals surface area contributed by atoms with Gasteiger partial charge in [0.1, 0.15) is 35.5 Å². The Labute approximate surface area is 213 Å². The minimum atomic E-state index is -0.466. The van der Waals surface area contributed by atoms with Crippen molar-refractivity contribution in [3.63, 3.8) is 0 Å². The van der Waals surface area contributed by atoms with Crippen molar-refractivity contribution in [3.8, 4) is 0 Å². The van der Waals surface area contributed by atoms with Crippen LogP contribution in [0, 0.1) is 10.1 Å². The molecule has 0 saturated carbocycles. The summed E-state index contributed by atoms with van der Waals surface area (Å²) in [6.45, 7) is 3.94. The van der Waals surface area contributed by atoms with Crippen LogP contribution in [0.25, 0.3) is 5.70 Å². The molecular formula is C27H27N4O6+. The smallest absolute Gasteiger partial charge is 0.356 e. The molecule has 2 aromatic rings. The van der Waals surface area contributed by atoms with Crippen molar-refractivity contribution in [2.75, 3.05) is 6.61 Å². The molecule has 190 valence electrons. The van der Waals surface area contributed by atoms with Gasteiger partial charge in [0.25, 0.3) is 5.69 Å². The molecule has 0 radical (unpaired) electrons. The highest BCUT2D eigenvalue weighted by atomic mass is 16.6. The van der Waals surface area contributed by atoms with E-state index >= 15 is 0 Å². The summed E-state index contributed by atoms with van der Waals surface area (Å²) in [5.41, 5.74) is 3.65. The lowest BCUT2D eigenvalue weighted by Crippen LogP contribution is -2.56. The Hall–Kier alpha value is -4.47. The fourth-order valence-electron chi connectivity index (χ4n) is 5.21. The molecule has 2 aromatic carbocycles. The number of ether oxygens (including phenoxy) is 2. The van der Waals surface area contributed by atoms with E-state index in [0.717, 1.165) is 5.56 Å². The van der Waals surface area contributed by atoms with Gasteiger partial charge in [-0.2, -0.15) is 0 Å². The Balaban J connectivity index is 1.46. The molecule has 1 fully saturated rings. The van der Waals surface area contributed by atoms with Crippen molar-refractivity contribution in [3.05, 3.63) is 92.7 Å². The number of carbonyl (C=O) groups is 2. The maximum Gasteiger partial charge on any atom is 0.356 e. The van der Waals surface area contributed by atoms with Gasteiger partial charge >= 0.3 is 17.9 Å². The molecule has 0 unspecified atom stereocenters. The second kappa shape index (κ2) is 9.88. The zero-order chi connectivity index (χ0) is 26.1. The summed E-state index contributed by atoms with van der Waals surface area (Å²) < 4.78 is 13.1.